The van der Waals surface area contributed by atoms with E-state index in [1.54, 1.807) is 21.3 Å². The van der Waals surface area contributed by atoms with E-state index in [9.17, 15) is 0 Å². The molecule has 0 heterocycles. The van der Waals surface area contributed by atoms with E-state index in [2.05, 4.69) is 215 Å². The molecule has 5 aromatic carbocycles. The van der Waals surface area contributed by atoms with Crippen LogP contribution in [0.1, 0.15) is 54.2 Å². The van der Waals surface area contributed by atoms with Gasteiger partial charge >= 0.3 is 0 Å². The lowest BCUT2D eigenvalue weighted by atomic mass is 9.70. The second kappa shape index (κ2) is 13.5. The molecule has 0 unspecified atom stereocenters. The molecule has 3 nitrogen and oxygen atoms in total. The molecule has 16 aliphatic rings. The summed E-state index contributed by atoms with van der Waals surface area (Å²) in [6.45, 7) is 6.85. The minimum atomic E-state index is -0.719. The highest BCUT2D eigenvalue weighted by molar-refractivity contribution is 5.67. The number of hydrogen-bond acceptors (Lipinski definition) is 3. The predicted molar refractivity (Wildman–Crippen MR) is 233 cm³/mol. The molecular weight excluding hydrogens is 697 g/mol. The summed E-state index contributed by atoms with van der Waals surface area (Å²) in [5.74, 6) is 0. The lowest BCUT2D eigenvalue weighted by Crippen LogP contribution is -2.33. The van der Waals surface area contributed by atoms with Crippen LogP contribution in [0, 0.1) is 0 Å². The van der Waals surface area contributed by atoms with Crippen molar-refractivity contribution >= 4 is 0 Å². The number of benzene rings is 5. The molecule has 0 spiro atoms. The first-order chi connectivity index (χ1) is 27.5. The zero-order valence-corrected chi connectivity index (χ0v) is 33.7. The van der Waals surface area contributed by atoms with Gasteiger partial charge in [0.1, 0.15) is 16.8 Å². The first kappa shape index (κ1) is 37.0. The number of hydrogen-bond donors (Lipinski definition) is 0. The Kier molecular flexibility index (Phi) is 8.78. The van der Waals surface area contributed by atoms with E-state index < -0.39 is 16.8 Å². The lowest BCUT2D eigenvalue weighted by Gasteiger charge is -2.36. The Morgan fingerprint density at radius 1 is 0.246 bits per heavy atom. The molecule has 0 saturated heterocycles. The smallest absolute Gasteiger partial charge is 0.129 e. The van der Waals surface area contributed by atoms with Gasteiger partial charge in [0.2, 0.25) is 0 Å². The van der Waals surface area contributed by atoms with Gasteiger partial charge in [-0.2, -0.15) is 0 Å². The quantitative estimate of drug-likeness (QED) is 0.172. The molecule has 0 amide bonds. The third-order valence-corrected chi connectivity index (χ3v) is 13.4. The van der Waals surface area contributed by atoms with Crippen LogP contribution in [0.4, 0.5) is 0 Å². The van der Waals surface area contributed by atoms with Crippen LogP contribution in [-0.2, 0) is 47.3 Å². The van der Waals surface area contributed by atoms with E-state index in [1.807, 2.05) is 0 Å². The molecule has 21 rings (SSSR count). The summed E-state index contributed by atoms with van der Waals surface area (Å²) < 4.78 is 18.7. The van der Waals surface area contributed by atoms with Crippen molar-refractivity contribution in [3.05, 3.63) is 228 Å². The summed E-state index contributed by atoms with van der Waals surface area (Å²) in [6.07, 6.45) is 26.9. The van der Waals surface area contributed by atoms with Gasteiger partial charge in [-0.25, -0.2) is 0 Å². The van der Waals surface area contributed by atoms with Crippen LogP contribution in [0.25, 0.3) is 22.3 Å². The number of methoxy groups -OCH3 is 3. The molecule has 284 valence electrons. The minimum absolute atomic E-state index is 0.204. The van der Waals surface area contributed by atoms with Crippen LogP contribution in [0.3, 0.4) is 0 Å². The highest BCUT2D eigenvalue weighted by Crippen LogP contribution is 2.44. The van der Waals surface area contributed by atoms with Crippen molar-refractivity contribution in [1.29, 1.82) is 0 Å². The zero-order chi connectivity index (χ0) is 39.5. The van der Waals surface area contributed by atoms with Crippen molar-refractivity contribution in [3.8, 4) is 22.3 Å². The number of ether oxygens (including phenoxy) is 3. The van der Waals surface area contributed by atoms with Crippen LogP contribution < -0.4 is 0 Å². The van der Waals surface area contributed by atoms with E-state index >= 15 is 0 Å². The van der Waals surface area contributed by atoms with E-state index in [0.29, 0.717) is 0 Å². The van der Waals surface area contributed by atoms with Gasteiger partial charge in [-0.1, -0.05) is 158 Å². The Hall–Kier alpha value is -5.58. The molecule has 5 aromatic rings. The maximum atomic E-state index is 6.23. The van der Waals surface area contributed by atoms with E-state index in [-0.39, 0.29) is 16.2 Å². The lowest BCUT2D eigenvalue weighted by molar-refractivity contribution is 0.0422. The second-order valence-electron chi connectivity index (χ2n) is 16.7. The molecule has 0 atom stereocenters. The Morgan fingerprint density at radius 3 is 0.649 bits per heavy atom. The average molecular weight is 747 g/mol. The summed E-state index contributed by atoms with van der Waals surface area (Å²) in [7, 11) is 5.30. The average Bonchev–Trinajstić information content (AvgIpc) is 3.28. The van der Waals surface area contributed by atoms with E-state index in [0.717, 1.165) is 33.4 Å². The third-order valence-electron chi connectivity index (χ3n) is 13.4. The number of rotatable bonds is 3. The fourth-order valence-electron chi connectivity index (χ4n) is 9.01. The Labute approximate surface area is 338 Å². The fraction of sp³-hybridized carbons (Fsp3) is 0.222. The maximum absolute atomic E-state index is 6.23. The summed E-state index contributed by atoms with van der Waals surface area (Å²) in [4.78, 5) is 0. The highest BCUT2D eigenvalue weighted by Gasteiger charge is 2.38. The summed E-state index contributed by atoms with van der Waals surface area (Å²) in [5.41, 5.74) is 8.81. The van der Waals surface area contributed by atoms with Gasteiger partial charge in [-0.15, -0.1) is 0 Å². The van der Waals surface area contributed by atoms with E-state index in [4.69, 9.17) is 14.2 Å². The third kappa shape index (κ3) is 6.08. The van der Waals surface area contributed by atoms with Crippen LogP contribution >= 0.6 is 0 Å². The van der Waals surface area contributed by atoms with Gasteiger partial charge in [0, 0.05) is 37.6 Å². The summed E-state index contributed by atoms with van der Waals surface area (Å²) in [6, 6.07) is 44.2. The fourth-order valence-corrected chi connectivity index (χ4v) is 9.01. The zero-order valence-electron chi connectivity index (χ0n) is 33.7. The molecule has 0 saturated carbocycles. The minimum Gasteiger partial charge on any atom is -0.365 e. The predicted octanol–water partition coefficient (Wildman–Crippen LogP) is 12.1. The largest absolute Gasteiger partial charge is 0.365 e. The molecule has 0 radical (unpaired) electrons. The molecule has 0 fully saturated rings. The molecule has 0 aliphatic heterocycles. The monoisotopic (exact) mass is 746 g/mol. The summed E-state index contributed by atoms with van der Waals surface area (Å²) in [5, 5.41) is 0. The van der Waals surface area contributed by atoms with Crippen molar-refractivity contribution in [2.45, 2.75) is 53.8 Å². The van der Waals surface area contributed by atoms with Crippen molar-refractivity contribution in [3.63, 3.8) is 0 Å². The van der Waals surface area contributed by atoms with Gasteiger partial charge in [0.25, 0.3) is 0 Å². The normalized spacial score (nSPS) is 30.5. The topological polar surface area (TPSA) is 27.7 Å². The van der Waals surface area contributed by atoms with Gasteiger partial charge in [0.05, 0.1) is 0 Å². The van der Waals surface area contributed by atoms with Crippen molar-refractivity contribution in [2.75, 3.05) is 21.3 Å². The van der Waals surface area contributed by atoms with Crippen molar-refractivity contribution < 1.29 is 14.2 Å². The van der Waals surface area contributed by atoms with E-state index in [1.165, 1.54) is 22.3 Å². The van der Waals surface area contributed by atoms with Gasteiger partial charge in [-0.3, -0.25) is 0 Å². The summed E-state index contributed by atoms with van der Waals surface area (Å²) >= 11 is 0. The molecule has 57 heavy (non-hydrogen) atoms. The van der Waals surface area contributed by atoms with Crippen LogP contribution in [0.15, 0.2) is 194 Å². The Morgan fingerprint density at radius 2 is 0.421 bits per heavy atom. The van der Waals surface area contributed by atoms with Crippen LogP contribution in [0.2, 0.25) is 0 Å². The second-order valence-corrected chi connectivity index (χ2v) is 16.7. The first-order valence-corrected chi connectivity index (χ1v) is 19.9. The maximum Gasteiger partial charge on any atom is 0.129 e. The molecule has 3 heteroatoms. The van der Waals surface area contributed by atoms with Crippen LogP contribution in [0.5, 0.6) is 0 Å². The van der Waals surface area contributed by atoms with Gasteiger partial charge < -0.3 is 14.2 Å². The molecular formula is C54H50O3. The molecule has 0 N–H and O–H groups in total. The number of allylic oxidation sites excluding steroid dienone is 6. The Bertz CT molecular complexity index is 2430. The highest BCUT2D eigenvalue weighted by atomic mass is 16.5. The van der Waals surface area contributed by atoms with Crippen LogP contribution in [-0.4, -0.2) is 21.3 Å². The van der Waals surface area contributed by atoms with Gasteiger partial charge in [-0.05, 0) is 113 Å². The Balaban J connectivity index is 1.11. The van der Waals surface area contributed by atoms with Crippen molar-refractivity contribution in [1.82, 2.24) is 0 Å². The van der Waals surface area contributed by atoms with Crippen molar-refractivity contribution in [2.24, 2.45) is 0 Å². The molecule has 0 aromatic heterocycles. The first-order valence-electron chi connectivity index (χ1n) is 19.9. The van der Waals surface area contributed by atoms with Gasteiger partial charge in [0.15, 0.2) is 0 Å². The molecule has 16 bridgehead atoms. The SMILES string of the molecule is COC12C=CC(OC)(C=C1)c1ccc(cc1)-c1ccc(cc1)C1(OC)C=CC(C)(C=C1)c1ccc(cc1)C1(C)C=CC(C)(C=C1)c1ccc(cc1)-c1ccc2cc1. The molecule has 16 aliphatic carbocycles. The standard InChI is InChI=1S/C54H50O3/c1-49-27-29-50(2,30-28-49)44-23-25-45(26-24-44)51(3)31-33-52(55-4,34-32-51)46-17-9-41(10-18-46)42-13-21-48(22-14-42)54(57-6)37-35-53(56-5,36-38-54)47-19-11-40(12-20-47)39-7-15-43(49)16-8-39/h7-38H,1-6H3.